The second-order valence-electron chi connectivity index (χ2n) is 5.18. The minimum absolute atomic E-state index is 0.230. The number of halogens is 1. The summed E-state index contributed by atoms with van der Waals surface area (Å²) >= 11 is 5.95. The first kappa shape index (κ1) is 16.9. The van der Waals surface area contributed by atoms with E-state index in [4.69, 9.17) is 25.5 Å². The zero-order chi connectivity index (χ0) is 18.0. The number of nitrogens with one attached hydrogen (secondary N) is 1. The first-order chi connectivity index (χ1) is 12.0. The van der Waals surface area contributed by atoms with E-state index in [1.165, 1.54) is 18.8 Å². The van der Waals surface area contributed by atoms with Gasteiger partial charge < -0.3 is 19.2 Å². The molecule has 2 aromatic carbocycles. The van der Waals surface area contributed by atoms with Crippen LogP contribution in [0.5, 0.6) is 11.5 Å². The third-order valence-electron chi connectivity index (χ3n) is 3.61. The van der Waals surface area contributed by atoms with E-state index >= 15 is 0 Å². The smallest absolute Gasteiger partial charge is 0.420 e. The Morgan fingerprint density at radius 3 is 2.72 bits per heavy atom. The molecule has 0 bridgehead atoms. The number of fused-ring (bicyclic) bond motifs is 1. The van der Waals surface area contributed by atoms with E-state index in [0.29, 0.717) is 33.3 Å². The van der Waals surface area contributed by atoms with Crippen LogP contribution in [0.2, 0.25) is 5.02 Å². The molecule has 0 unspecified atom stereocenters. The van der Waals surface area contributed by atoms with Gasteiger partial charge in [-0.2, -0.15) is 0 Å². The molecule has 1 heterocycles. The van der Waals surface area contributed by atoms with Crippen molar-refractivity contribution < 1.29 is 18.7 Å². The summed E-state index contributed by atoms with van der Waals surface area (Å²) in [6.45, 7) is -0.230. The molecule has 7 nitrogen and oxygen atoms in total. The second-order valence-corrected chi connectivity index (χ2v) is 5.62. The Kier molecular flexibility index (Phi) is 4.67. The van der Waals surface area contributed by atoms with Crippen molar-refractivity contribution >= 4 is 34.3 Å². The number of oxazole rings is 1. The van der Waals surface area contributed by atoms with Crippen molar-refractivity contribution in [1.82, 2.24) is 4.57 Å². The van der Waals surface area contributed by atoms with E-state index in [2.05, 4.69) is 5.32 Å². The lowest BCUT2D eigenvalue weighted by molar-refractivity contribution is -0.116. The molecule has 0 saturated carbocycles. The molecule has 3 rings (SSSR count). The van der Waals surface area contributed by atoms with Gasteiger partial charge in [-0.05, 0) is 30.3 Å². The SMILES string of the molecule is COc1ccc(OC)c(NC(=O)Cn2c(=O)oc3ccc(Cl)cc32)c1. The number of hydrogen-bond acceptors (Lipinski definition) is 5. The van der Waals surface area contributed by atoms with Crippen LogP contribution in [-0.2, 0) is 11.3 Å². The summed E-state index contributed by atoms with van der Waals surface area (Å²) < 4.78 is 16.7. The van der Waals surface area contributed by atoms with Crippen LogP contribution in [0.15, 0.2) is 45.6 Å². The minimum atomic E-state index is -0.634. The number of anilines is 1. The highest BCUT2D eigenvalue weighted by Crippen LogP contribution is 2.29. The molecule has 1 N–H and O–H groups in total. The lowest BCUT2D eigenvalue weighted by Gasteiger charge is -2.12. The number of aromatic nitrogens is 1. The van der Waals surface area contributed by atoms with E-state index in [9.17, 15) is 9.59 Å². The van der Waals surface area contributed by atoms with Gasteiger partial charge in [-0.1, -0.05) is 11.6 Å². The predicted molar refractivity (Wildman–Crippen MR) is 93.7 cm³/mol. The topological polar surface area (TPSA) is 82.7 Å². The predicted octanol–water partition coefficient (Wildman–Crippen LogP) is 2.90. The van der Waals surface area contributed by atoms with Gasteiger partial charge in [0, 0.05) is 11.1 Å². The van der Waals surface area contributed by atoms with Crippen molar-refractivity contribution in [3.05, 3.63) is 52.0 Å². The largest absolute Gasteiger partial charge is 0.497 e. The fourth-order valence-electron chi connectivity index (χ4n) is 2.43. The first-order valence-corrected chi connectivity index (χ1v) is 7.70. The van der Waals surface area contributed by atoms with Gasteiger partial charge in [-0.3, -0.25) is 9.36 Å². The Balaban J connectivity index is 1.88. The van der Waals surface area contributed by atoms with E-state index in [0.717, 1.165) is 0 Å². The van der Waals surface area contributed by atoms with Crippen LogP contribution in [0, 0.1) is 0 Å². The number of carbonyl (C=O) groups excluding carboxylic acids is 1. The molecule has 0 aliphatic rings. The molecule has 8 heteroatoms. The lowest BCUT2D eigenvalue weighted by Crippen LogP contribution is -2.25. The summed E-state index contributed by atoms with van der Waals surface area (Å²) in [6.07, 6.45) is 0. The van der Waals surface area contributed by atoms with Crippen LogP contribution in [0.1, 0.15) is 0 Å². The van der Waals surface area contributed by atoms with Crippen LogP contribution in [-0.4, -0.2) is 24.7 Å². The molecule has 0 fully saturated rings. The molecular weight excluding hydrogens is 348 g/mol. The zero-order valence-electron chi connectivity index (χ0n) is 13.5. The molecule has 3 aromatic rings. The fraction of sp³-hybridized carbons (Fsp3) is 0.176. The molecule has 0 aliphatic heterocycles. The molecule has 0 radical (unpaired) electrons. The van der Waals surface area contributed by atoms with Crippen molar-refractivity contribution in [2.75, 3.05) is 19.5 Å². The monoisotopic (exact) mass is 362 g/mol. The number of methoxy groups -OCH3 is 2. The standard InChI is InChI=1S/C17H15ClN2O5/c1-23-11-4-6-14(24-2)12(8-11)19-16(21)9-20-13-7-10(18)3-5-15(13)25-17(20)22/h3-8H,9H2,1-2H3,(H,19,21). The van der Waals surface area contributed by atoms with Gasteiger partial charge in [-0.15, -0.1) is 0 Å². The third-order valence-corrected chi connectivity index (χ3v) is 3.85. The van der Waals surface area contributed by atoms with E-state index in [1.807, 2.05) is 0 Å². The summed E-state index contributed by atoms with van der Waals surface area (Å²) in [5.74, 6) is -0.0169. The molecule has 1 aromatic heterocycles. The summed E-state index contributed by atoms with van der Waals surface area (Å²) in [5.41, 5.74) is 1.25. The number of benzene rings is 2. The number of carbonyl (C=O) groups is 1. The molecular formula is C17H15ClN2O5. The maximum Gasteiger partial charge on any atom is 0.420 e. The van der Waals surface area contributed by atoms with Gasteiger partial charge in [-0.25, -0.2) is 4.79 Å². The molecule has 0 atom stereocenters. The van der Waals surface area contributed by atoms with Crippen molar-refractivity contribution in [3.63, 3.8) is 0 Å². The summed E-state index contributed by atoms with van der Waals surface area (Å²) in [5, 5.41) is 3.14. The highest BCUT2D eigenvalue weighted by atomic mass is 35.5. The Bertz CT molecular complexity index is 992. The van der Waals surface area contributed by atoms with Gasteiger partial charge >= 0.3 is 5.76 Å². The van der Waals surface area contributed by atoms with E-state index < -0.39 is 11.7 Å². The number of amides is 1. The summed E-state index contributed by atoms with van der Waals surface area (Å²) in [6, 6.07) is 9.78. The minimum Gasteiger partial charge on any atom is -0.497 e. The van der Waals surface area contributed by atoms with Crippen molar-refractivity contribution in [1.29, 1.82) is 0 Å². The molecule has 0 saturated heterocycles. The van der Waals surface area contributed by atoms with Gasteiger partial charge in [0.1, 0.15) is 18.0 Å². The van der Waals surface area contributed by atoms with Gasteiger partial charge in [0.2, 0.25) is 5.91 Å². The van der Waals surface area contributed by atoms with Crippen LogP contribution >= 0.6 is 11.6 Å². The average molecular weight is 363 g/mol. The summed E-state index contributed by atoms with van der Waals surface area (Å²) in [4.78, 5) is 24.4. The molecule has 1 amide bonds. The van der Waals surface area contributed by atoms with Crippen molar-refractivity contribution in [2.45, 2.75) is 6.54 Å². The fourth-order valence-corrected chi connectivity index (χ4v) is 2.60. The average Bonchev–Trinajstić information content (AvgIpc) is 2.90. The Labute approximate surface area is 147 Å². The Morgan fingerprint density at radius 2 is 2.00 bits per heavy atom. The second kappa shape index (κ2) is 6.90. The van der Waals surface area contributed by atoms with Crippen LogP contribution in [0.25, 0.3) is 11.1 Å². The van der Waals surface area contributed by atoms with E-state index in [1.54, 1.807) is 36.4 Å². The van der Waals surface area contributed by atoms with Crippen molar-refractivity contribution in [2.24, 2.45) is 0 Å². The van der Waals surface area contributed by atoms with Crippen LogP contribution in [0.4, 0.5) is 5.69 Å². The number of ether oxygens (including phenoxy) is 2. The third kappa shape index (κ3) is 3.46. The van der Waals surface area contributed by atoms with Crippen molar-refractivity contribution in [3.8, 4) is 11.5 Å². The van der Waals surface area contributed by atoms with Crippen LogP contribution < -0.4 is 20.5 Å². The molecule has 0 spiro atoms. The normalized spacial score (nSPS) is 10.7. The Hall–Kier alpha value is -2.93. The first-order valence-electron chi connectivity index (χ1n) is 7.32. The maximum absolute atomic E-state index is 12.4. The van der Waals surface area contributed by atoms with Gasteiger partial charge in [0.25, 0.3) is 0 Å². The lowest BCUT2D eigenvalue weighted by atomic mass is 10.2. The number of hydrogen-bond donors (Lipinski definition) is 1. The van der Waals surface area contributed by atoms with Crippen LogP contribution in [0.3, 0.4) is 0 Å². The highest BCUT2D eigenvalue weighted by Gasteiger charge is 2.15. The van der Waals surface area contributed by atoms with E-state index in [-0.39, 0.29) is 6.54 Å². The number of rotatable bonds is 5. The quantitative estimate of drug-likeness (QED) is 0.754. The molecule has 25 heavy (non-hydrogen) atoms. The zero-order valence-corrected chi connectivity index (χ0v) is 14.3. The Morgan fingerprint density at radius 1 is 1.20 bits per heavy atom. The highest BCUT2D eigenvalue weighted by molar-refractivity contribution is 6.31. The van der Waals surface area contributed by atoms with Gasteiger partial charge in [0.05, 0.1) is 25.4 Å². The number of nitrogens with zero attached hydrogens (tertiary/aromatic N) is 1. The molecule has 0 aliphatic carbocycles. The molecule has 130 valence electrons. The maximum atomic E-state index is 12.4. The summed E-state index contributed by atoms with van der Waals surface area (Å²) in [7, 11) is 3.02. The van der Waals surface area contributed by atoms with Gasteiger partial charge in [0.15, 0.2) is 5.58 Å².